The molecule has 1 aliphatic heterocycles. The minimum atomic E-state index is -3.09. The van der Waals surface area contributed by atoms with Gasteiger partial charge in [0.15, 0.2) is 9.84 Å². The molecule has 1 aliphatic rings. The highest BCUT2D eigenvalue weighted by Gasteiger charge is 2.29. The van der Waals surface area contributed by atoms with E-state index in [0.29, 0.717) is 6.61 Å². The number of hydrogen-bond acceptors (Lipinski definition) is 4. The fourth-order valence-corrected chi connectivity index (χ4v) is 3.25. The average Bonchev–Trinajstić information content (AvgIpc) is 2.54. The monoisotopic (exact) mass is 221 g/mol. The zero-order chi connectivity index (χ0) is 10.8. The highest BCUT2D eigenvalue weighted by atomic mass is 32.2. The molecule has 0 aromatic carbocycles. The van der Waals surface area contributed by atoms with E-state index < -0.39 is 15.1 Å². The summed E-state index contributed by atoms with van der Waals surface area (Å²) in [5.74, 6) is 0.121. The van der Waals surface area contributed by atoms with Crippen LogP contribution in [0.2, 0.25) is 0 Å². The predicted octanol–water partition coefficient (Wildman–Crippen LogP) is 0.316. The lowest BCUT2D eigenvalue weighted by atomic mass is 10.3. The zero-order valence-corrected chi connectivity index (χ0v) is 9.59. The summed E-state index contributed by atoms with van der Waals surface area (Å²) in [4.78, 5) is 0. The Bertz CT molecular complexity index is 268. The van der Waals surface area contributed by atoms with Gasteiger partial charge in [-0.05, 0) is 26.7 Å². The number of rotatable bonds is 4. The molecule has 0 aromatic rings. The van der Waals surface area contributed by atoms with Gasteiger partial charge in [0.05, 0.1) is 17.1 Å². The largest absolute Gasteiger partial charge is 0.377 e. The SMILES string of the molecule is CC(N)C(C)S(=O)(=O)CC1CCCO1. The molecule has 14 heavy (non-hydrogen) atoms. The molecule has 2 N–H and O–H groups in total. The van der Waals surface area contributed by atoms with E-state index in [4.69, 9.17) is 10.5 Å². The quantitative estimate of drug-likeness (QED) is 0.742. The van der Waals surface area contributed by atoms with Crippen LogP contribution in [0.5, 0.6) is 0 Å². The second-order valence-corrected chi connectivity index (χ2v) is 6.43. The second kappa shape index (κ2) is 4.59. The standard InChI is InChI=1S/C9H19NO3S/c1-7(10)8(2)14(11,12)6-9-4-3-5-13-9/h7-9H,3-6,10H2,1-2H3. The first-order chi connectivity index (χ1) is 6.43. The van der Waals surface area contributed by atoms with Crippen molar-refractivity contribution in [3.05, 3.63) is 0 Å². The van der Waals surface area contributed by atoms with Crippen LogP contribution in [0.25, 0.3) is 0 Å². The van der Waals surface area contributed by atoms with Gasteiger partial charge in [-0.3, -0.25) is 0 Å². The maximum atomic E-state index is 11.8. The third kappa shape index (κ3) is 2.93. The van der Waals surface area contributed by atoms with Gasteiger partial charge in [0, 0.05) is 12.6 Å². The molecule has 3 atom stereocenters. The first-order valence-electron chi connectivity index (χ1n) is 5.02. The maximum absolute atomic E-state index is 11.8. The van der Waals surface area contributed by atoms with E-state index in [0.717, 1.165) is 12.8 Å². The maximum Gasteiger partial charge on any atom is 0.156 e. The number of ether oxygens (including phenoxy) is 1. The van der Waals surface area contributed by atoms with E-state index in [1.54, 1.807) is 13.8 Å². The summed E-state index contributed by atoms with van der Waals surface area (Å²) < 4.78 is 28.8. The van der Waals surface area contributed by atoms with Crippen molar-refractivity contribution in [1.29, 1.82) is 0 Å². The van der Waals surface area contributed by atoms with Crippen molar-refractivity contribution in [1.82, 2.24) is 0 Å². The lowest BCUT2D eigenvalue weighted by Gasteiger charge is -2.18. The van der Waals surface area contributed by atoms with Gasteiger partial charge in [0.1, 0.15) is 0 Å². The fraction of sp³-hybridized carbons (Fsp3) is 1.00. The molecule has 5 heteroatoms. The molecule has 0 amide bonds. The van der Waals surface area contributed by atoms with Gasteiger partial charge in [0.25, 0.3) is 0 Å². The second-order valence-electron chi connectivity index (χ2n) is 4.03. The summed E-state index contributed by atoms with van der Waals surface area (Å²) >= 11 is 0. The van der Waals surface area contributed by atoms with Crippen LogP contribution in [-0.4, -0.2) is 38.2 Å². The molecule has 1 fully saturated rings. The highest BCUT2D eigenvalue weighted by Crippen LogP contribution is 2.17. The topological polar surface area (TPSA) is 69.4 Å². The molecule has 3 unspecified atom stereocenters. The Morgan fingerprint density at radius 1 is 1.50 bits per heavy atom. The summed E-state index contributed by atoms with van der Waals surface area (Å²) in [5, 5.41) is -0.480. The fourth-order valence-electron chi connectivity index (χ4n) is 1.51. The van der Waals surface area contributed by atoms with Crippen LogP contribution >= 0.6 is 0 Å². The molecular weight excluding hydrogens is 202 g/mol. The summed E-state index contributed by atoms with van der Waals surface area (Å²) in [5.41, 5.74) is 5.58. The van der Waals surface area contributed by atoms with Crippen molar-refractivity contribution >= 4 is 9.84 Å². The Morgan fingerprint density at radius 3 is 2.57 bits per heavy atom. The van der Waals surface area contributed by atoms with E-state index in [-0.39, 0.29) is 17.9 Å². The van der Waals surface area contributed by atoms with Gasteiger partial charge in [-0.15, -0.1) is 0 Å². The van der Waals surface area contributed by atoms with Crippen molar-refractivity contribution in [3.8, 4) is 0 Å². The van der Waals surface area contributed by atoms with Crippen LogP contribution in [0.15, 0.2) is 0 Å². The molecular formula is C9H19NO3S. The Morgan fingerprint density at radius 2 is 2.14 bits per heavy atom. The van der Waals surface area contributed by atoms with Gasteiger partial charge >= 0.3 is 0 Å². The van der Waals surface area contributed by atoms with Crippen LogP contribution in [0.1, 0.15) is 26.7 Å². The summed E-state index contributed by atoms with van der Waals surface area (Å²) in [7, 11) is -3.09. The molecule has 1 heterocycles. The summed E-state index contributed by atoms with van der Waals surface area (Å²) in [6, 6.07) is -0.318. The summed E-state index contributed by atoms with van der Waals surface area (Å²) in [6.07, 6.45) is 1.71. The van der Waals surface area contributed by atoms with E-state index in [1.165, 1.54) is 0 Å². The molecule has 0 saturated carbocycles. The van der Waals surface area contributed by atoms with E-state index >= 15 is 0 Å². The number of nitrogens with two attached hydrogens (primary N) is 1. The average molecular weight is 221 g/mol. The molecule has 1 saturated heterocycles. The van der Waals surface area contributed by atoms with Crippen LogP contribution in [-0.2, 0) is 14.6 Å². The predicted molar refractivity (Wildman–Crippen MR) is 55.9 cm³/mol. The first-order valence-corrected chi connectivity index (χ1v) is 6.74. The van der Waals surface area contributed by atoms with E-state index in [2.05, 4.69) is 0 Å². The molecule has 0 radical (unpaired) electrons. The van der Waals surface area contributed by atoms with Crippen LogP contribution in [0.3, 0.4) is 0 Å². The van der Waals surface area contributed by atoms with Crippen molar-refractivity contribution in [2.75, 3.05) is 12.4 Å². The van der Waals surface area contributed by atoms with Gasteiger partial charge < -0.3 is 10.5 Å². The normalized spacial score (nSPS) is 27.5. The molecule has 1 rings (SSSR count). The van der Waals surface area contributed by atoms with Crippen LogP contribution < -0.4 is 5.73 Å². The molecule has 0 spiro atoms. The van der Waals surface area contributed by atoms with E-state index in [9.17, 15) is 8.42 Å². The first kappa shape index (κ1) is 11.9. The van der Waals surface area contributed by atoms with Crippen molar-refractivity contribution < 1.29 is 13.2 Å². The minimum absolute atomic E-state index is 0.110. The Hall–Kier alpha value is -0.130. The van der Waals surface area contributed by atoms with Crippen molar-refractivity contribution in [3.63, 3.8) is 0 Å². The molecule has 0 bridgehead atoms. The molecule has 0 aromatic heterocycles. The Kier molecular flexibility index (Phi) is 3.92. The van der Waals surface area contributed by atoms with Gasteiger partial charge in [-0.25, -0.2) is 8.42 Å². The van der Waals surface area contributed by atoms with E-state index in [1.807, 2.05) is 0 Å². The lowest BCUT2D eigenvalue weighted by Crippen LogP contribution is -2.39. The highest BCUT2D eigenvalue weighted by molar-refractivity contribution is 7.92. The molecule has 4 nitrogen and oxygen atoms in total. The number of sulfone groups is 1. The summed E-state index contributed by atoms with van der Waals surface area (Å²) in [6.45, 7) is 4.07. The van der Waals surface area contributed by atoms with Gasteiger partial charge in [0.2, 0.25) is 0 Å². The number of hydrogen-bond donors (Lipinski definition) is 1. The minimum Gasteiger partial charge on any atom is -0.377 e. The van der Waals surface area contributed by atoms with Crippen molar-refractivity contribution in [2.45, 2.75) is 44.1 Å². The lowest BCUT2D eigenvalue weighted by molar-refractivity contribution is 0.127. The molecule has 84 valence electrons. The Labute approximate surface area is 85.7 Å². The van der Waals surface area contributed by atoms with Crippen LogP contribution in [0.4, 0.5) is 0 Å². The third-order valence-electron chi connectivity index (χ3n) is 2.75. The van der Waals surface area contributed by atoms with Gasteiger partial charge in [-0.2, -0.15) is 0 Å². The smallest absolute Gasteiger partial charge is 0.156 e. The third-order valence-corrected chi connectivity index (χ3v) is 5.15. The Balaban J connectivity index is 2.56. The molecule has 0 aliphatic carbocycles. The van der Waals surface area contributed by atoms with Crippen molar-refractivity contribution in [2.24, 2.45) is 5.73 Å². The van der Waals surface area contributed by atoms with Crippen LogP contribution in [0, 0.1) is 0 Å². The zero-order valence-electron chi connectivity index (χ0n) is 8.77. The van der Waals surface area contributed by atoms with Gasteiger partial charge in [-0.1, -0.05) is 0 Å².